The first-order valence-corrected chi connectivity index (χ1v) is 8.59. The molecule has 1 N–H and O–H groups in total. The molecule has 126 valence electrons. The zero-order valence-electron chi connectivity index (χ0n) is 13.8. The molecule has 0 aliphatic carbocycles. The van der Waals surface area contributed by atoms with E-state index in [9.17, 15) is 4.79 Å². The van der Waals surface area contributed by atoms with E-state index in [1.165, 1.54) is 17.0 Å². The number of amides is 1. The van der Waals surface area contributed by atoms with E-state index in [0.29, 0.717) is 16.4 Å². The number of carbonyl (C=O) groups excluding carboxylic acids is 1. The van der Waals surface area contributed by atoms with Gasteiger partial charge in [-0.05, 0) is 46.2 Å². The smallest absolute Gasteiger partial charge is 0.255 e. The third kappa shape index (κ3) is 3.30. The molecule has 0 unspecified atom stereocenters. The van der Waals surface area contributed by atoms with E-state index in [-0.39, 0.29) is 5.91 Å². The number of hydrogen-bond donors (Lipinski definition) is 1. The lowest BCUT2D eigenvalue weighted by atomic mass is 9.97. The zero-order valence-corrected chi connectivity index (χ0v) is 14.6. The number of fused-ring (bicyclic) bond motifs is 1. The Hall–Kier alpha value is -3.17. The largest absolute Gasteiger partial charge is 0.321 e. The average Bonchev–Trinajstić information content (AvgIpc) is 2.69. The van der Waals surface area contributed by atoms with E-state index in [4.69, 9.17) is 11.6 Å². The van der Waals surface area contributed by atoms with Gasteiger partial charge < -0.3 is 5.32 Å². The number of aromatic nitrogens is 1. The van der Waals surface area contributed by atoms with Gasteiger partial charge in [-0.2, -0.15) is 0 Å². The highest BCUT2D eigenvalue weighted by Gasteiger charge is 2.08. The Balaban J connectivity index is 1.60. The van der Waals surface area contributed by atoms with Crippen LogP contribution in [0.25, 0.3) is 21.9 Å². The minimum Gasteiger partial charge on any atom is -0.321 e. The van der Waals surface area contributed by atoms with Crippen LogP contribution < -0.4 is 5.32 Å². The number of pyridine rings is 1. The summed E-state index contributed by atoms with van der Waals surface area (Å²) in [5.74, 6) is -0.182. The van der Waals surface area contributed by atoms with E-state index in [1.807, 2.05) is 42.5 Å². The number of hydrogen-bond acceptors (Lipinski definition) is 2. The Labute approximate surface area is 156 Å². The fourth-order valence-corrected chi connectivity index (χ4v) is 3.04. The monoisotopic (exact) mass is 358 g/mol. The second kappa shape index (κ2) is 6.98. The molecule has 26 heavy (non-hydrogen) atoms. The fraction of sp³-hybridized carbons (Fsp3) is 0. The normalized spacial score (nSPS) is 10.7. The standard InChI is InChI=1S/C22H15ClN2O/c23-21-13-12-18(14-24-21)25-22(26)17-10-8-16(9-11-17)20-7-3-5-15-4-1-2-6-19(15)20/h1-14H,(H,25,26). The molecule has 0 radical (unpaired) electrons. The van der Waals surface area contributed by atoms with Gasteiger partial charge >= 0.3 is 0 Å². The topological polar surface area (TPSA) is 42.0 Å². The third-order valence-electron chi connectivity index (χ3n) is 4.23. The molecule has 0 saturated heterocycles. The molecule has 0 aliphatic heterocycles. The van der Waals surface area contributed by atoms with Crippen molar-refractivity contribution in [3.8, 4) is 11.1 Å². The highest BCUT2D eigenvalue weighted by atomic mass is 35.5. The van der Waals surface area contributed by atoms with Gasteiger partial charge in [-0.3, -0.25) is 4.79 Å². The Morgan fingerprint density at radius 3 is 2.38 bits per heavy atom. The summed E-state index contributed by atoms with van der Waals surface area (Å²) in [6.07, 6.45) is 1.53. The van der Waals surface area contributed by atoms with Crippen LogP contribution in [-0.2, 0) is 0 Å². The summed E-state index contributed by atoms with van der Waals surface area (Å²) in [5.41, 5.74) is 3.42. The molecule has 4 rings (SSSR count). The van der Waals surface area contributed by atoms with Crippen molar-refractivity contribution in [2.75, 3.05) is 5.32 Å². The minimum absolute atomic E-state index is 0.182. The van der Waals surface area contributed by atoms with E-state index in [0.717, 1.165) is 11.1 Å². The summed E-state index contributed by atoms with van der Waals surface area (Å²) >= 11 is 5.76. The first kappa shape index (κ1) is 16.3. The SMILES string of the molecule is O=C(Nc1ccc(Cl)nc1)c1ccc(-c2cccc3ccccc23)cc1. The number of anilines is 1. The predicted molar refractivity (Wildman–Crippen MR) is 107 cm³/mol. The molecule has 4 aromatic rings. The first-order chi connectivity index (χ1) is 12.7. The Morgan fingerprint density at radius 1 is 0.846 bits per heavy atom. The van der Waals surface area contributed by atoms with Crippen LogP contribution >= 0.6 is 11.6 Å². The summed E-state index contributed by atoms with van der Waals surface area (Å²) < 4.78 is 0. The lowest BCUT2D eigenvalue weighted by Crippen LogP contribution is -2.11. The first-order valence-electron chi connectivity index (χ1n) is 8.22. The molecule has 4 heteroatoms. The van der Waals surface area contributed by atoms with Crippen LogP contribution in [0.1, 0.15) is 10.4 Å². The van der Waals surface area contributed by atoms with Crippen molar-refractivity contribution < 1.29 is 4.79 Å². The van der Waals surface area contributed by atoms with E-state index >= 15 is 0 Å². The zero-order chi connectivity index (χ0) is 17.9. The molecule has 0 saturated carbocycles. The molecule has 0 bridgehead atoms. The molecule has 0 spiro atoms. The summed E-state index contributed by atoms with van der Waals surface area (Å²) in [7, 11) is 0. The van der Waals surface area contributed by atoms with Crippen molar-refractivity contribution in [2.45, 2.75) is 0 Å². The predicted octanol–water partition coefficient (Wildman–Crippen LogP) is 5.81. The molecule has 1 heterocycles. The van der Waals surface area contributed by atoms with Crippen LogP contribution in [0.5, 0.6) is 0 Å². The van der Waals surface area contributed by atoms with Crippen molar-refractivity contribution in [1.82, 2.24) is 4.98 Å². The van der Waals surface area contributed by atoms with Gasteiger partial charge in [-0.25, -0.2) is 4.98 Å². The lowest BCUT2D eigenvalue weighted by Gasteiger charge is -2.09. The molecular weight excluding hydrogens is 344 g/mol. The number of halogens is 1. The quantitative estimate of drug-likeness (QED) is 0.470. The summed E-state index contributed by atoms with van der Waals surface area (Å²) in [4.78, 5) is 16.3. The lowest BCUT2D eigenvalue weighted by molar-refractivity contribution is 0.102. The van der Waals surface area contributed by atoms with Crippen LogP contribution in [-0.4, -0.2) is 10.9 Å². The van der Waals surface area contributed by atoms with Crippen molar-refractivity contribution in [2.24, 2.45) is 0 Å². The average molecular weight is 359 g/mol. The van der Waals surface area contributed by atoms with Gasteiger partial charge in [0, 0.05) is 5.56 Å². The van der Waals surface area contributed by atoms with Gasteiger partial charge in [0.25, 0.3) is 5.91 Å². The van der Waals surface area contributed by atoms with Gasteiger partial charge in [0.1, 0.15) is 5.15 Å². The van der Waals surface area contributed by atoms with Gasteiger partial charge in [0.15, 0.2) is 0 Å². The molecule has 3 nitrogen and oxygen atoms in total. The Morgan fingerprint density at radius 2 is 1.62 bits per heavy atom. The maximum atomic E-state index is 12.4. The second-order valence-electron chi connectivity index (χ2n) is 5.93. The van der Waals surface area contributed by atoms with Crippen LogP contribution in [0.15, 0.2) is 85.1 Å². The Bertz CT molecular complexity index is 1070. The number of nitrogens with zero attached hydrogens (tertiary/aromatic N) is 1. The van der Waals surface area contributed by atoms with Crippen molar-refractivity contribution >= 4 is 34.0 Å². The van der Waals surface area contributed by atoms with E-state index in [2.05, 4.69) is 34.6 Å². The van der Waals surface area contributed by atoms with Gasteiger partial charge in [-0.1, -0.05) is 66.2 Å². The van der Waals surface area contributed by atoms with Crippen molar-refractivity contribution in [3.63, 3.8) is 0 Å². The molecule has 1 aromatic heterocycles. The van der Waals surface area contributed by atoms with E-state index in [1.54, 1.807) is 12.1 Å². The highest BCUT2D eigenvalue weighted by molar-refractivity contribution is 6.29. The third-order valence-corrected chi connectivity index (χ3v) is 4.46. The van der Waals surface area contributed by atoms with Crippen molar-refractivity contribution in [1.29, 1.82) is 0 Å². The van der Waals surface area contributed by atoms with Gasteiger partial charge in [0.05, 0.1) is 11.9 Å². The Kier molecular flexibility index (Phi) is 4.38. The maximum Gasteiger partial charge on any atom is 0.255 e. The molecule has 0 fully saturated rings. The van der Waals surface area contributed by atoms with Crippen LogP contribution in [0.4, 0.5) is 5.69 Å². The second-order valence-corrected chi connectivity index (χ2v) is 6.32. The summed E-state index contributed by atoms with van der Waals surface area (Å²) in [6, 6.07) is 25.5. The molecule has 0 aliphatic rings. The fourth-order valence-electron chi connectivity index (χ4n) is 2.93. The van der Waals surface area contributed by atoms with Crippen LogP contribution in [0.2, 0.25) is 5.15 Å². The van der Waals surface area contributed by atoms with Gasteiger partial charge in [0.2, 0.25) is 0 Å². The molecular formula is C22H15ClN2O. The number of benzene rings is 3. The minimum atomic E-state index is -0.182. The summed E-state index contributed by atoms with van der Waals surface area (Å²) in [6.45, 7) is 0. The van der Waals surface area contributed by atoms with Crippen LogP contribution in [0.3, 0.4) is 0 Å². The maximum absolute atomic E-state index is 12.4. The highest BCUT2D eigenvalue weighted by Crippen LogP contribution is 2.28. The molecule has 1 amide bonds. The van der Waals surface area contributed by atoms with Crippen LogP contribution in [0, 0.1) is 0 Å². The number of rotatable bonds is 3. The van der Waals surface area contributed by atoms with Crippen molar-refractivity contribution in [3.05, 3.63) is 95.8 Å². The summed E-state index contributed by atoms with van der Waals surface area (Å²) in [5, 5.41) is 5.60. The molecule has 0 atom stereocenters. The van der Waals surface area contributed by atoms with E-state index < -0.39 is 0 Å². The number of carbonyl (C=O) groups is 1. The van der Waals surface area contributed by atoms with Gasteiger partial charge in [-0.15, -0.1) is 0 Å². The number of nitrogens with one attached hydrogen (secondary N) is 1. The molecule has 3 aromatic carbocycles.